The van der Waals surface area contributed by atoms with Crippen molar-refractivity contribution in [3.63, 3.8) is 0 Å². The number of hydrogen-bond acceptors (Lipinski definition) is 4. The minimum absolute atomic E-state index is 0.0568. The minimum atomic E-state index is -1.04. The maximum atomic E-state index is 14.1. The molecule has 0 aliphatic heterocycles. The average molecular weight is 312 g/mol. The lowest BCUT2D eigenvalue weighted by Crippen LogP contribution is -1.97. The Labute approximate surface area is 131 Å². The summed E-state index contributed by atoms with van der Waals surface area (Å²) < 4.78 is 19.3. The highest BCUT2D eigenvalue weighted by Crippen LogP contribution is 2.27. The predicted octanol–water partition coefficient (Wildman–Crippen LogP) is 3.86. The first-order valence-electron chi connectivity index (χ1n) is 6.91. The summed E-state index contributed by atoms with van der Waals surface area (Å²) >= 11 is 0. The number of rotatable bonds is 3. The third-order valence-corrected chi connectivity index (χ3v) is 3.57. The van der Waals surface area contributed by atoms with E-state index in [0.29, 0.717) is 11.1 Å². The maximum Gasteiger partial charge on any atom is 0.335 e. The van der Waals surface area contributed by atoms with E-state index in [1.165, 1.54) is 12.1 Å². The molecule has 0 fully saturated rings. The molecule has 0 amide bonds. The Morgan fingerprint density at radius 1 is 1.13 bits per heavy atom. The molecular weight excluding hydrogens is 299 g/mol. The molecule has 0 atom stereocenters. The van der Waals surface area contributed by atoms with Crippen LogP contribution >= 0.6 is 0 Å². The average Bonchev–Trinajstić information content (AvgIpc) is 2.99. The summed E-state index contributed by atoms with van der Waals surface area (Å²) in [6.45, 7) is 3.46. The van der Waals surface area contributed by atoms with Crippen molar-refractivity contribution in [3.05, 3.63) is 58.9 Å². The number of aromatic carboxylic acids is 1. The lowest BCUT2D eigenvalue weighted by Gasteiger charge is -2.02. The van der Waals surface area contributed by atoms with Crippen molar-refractivity contribution in [3.8, 4) is 22.8 Å². The van der Waals surface area contributed by atoms with Gasteiger partial charge in [0.05, 0.1) is 11.1 Å². The van der Waals surface area contributed by atoms with E-state index < -0.39 is 11.8 Å². The van der Waals surface area contributed by atoms with E-state index >= 15 is 0 Å². The summed E-state index contributed by atoms with van der Waals surface area (Å²) in [5.41, 5.74) is 2.15. The summed E-state index contributed by atoms with van der Waals surface area (Å²) in [5.74, 6) is -1.18. The Morgan fingerprint density at radius 2 is 1.91 bits per heavy atom. The van der Waals surface area contributed by atoms with E-state index in [-0.39, 0.29) is 22.8 Å². The molecule has 0 aliphatic carbocycles. The van der Waals surface area contributed by atoms with Gasteiger partial charge in [-0.15, -0.1) is 0 Å². The van der Waals surface area contributed by atoms with Crippen LogP contribution in [0.25, 0.3) is 22.8 Å². The lowest BCUT2D eigenvalue weighted by atomic mass is 10.0. The summed E-state index contributed by atoms with van der Waals surface area (Å²) in [5, 5.41) is 12.9. The lowest BCUT2D eigenvalue weighted by molar-refractivity contribution is 0.0697. The molecule has 0 saturated carbocycles. The van der Waals surface area contributed by atoms with Gasteiger partial charge in [0, 0.05) is 5.56 Å². The fourth-order valence-electron chi connectivity index (χ4n) is 2.25. The van der Waals surface area contributed by atoms with Gasteiger partial charge in [0.1, 0.15) is 5.82 Å². The molecule has 1 heterocycles. The second-order valence-corrected chi connectivity index (χ2v) is 5.19. The van der Waals surface area contributed by atoms with Gasteiger partial charge in [0.15, 0.2) is 0 Å². The van der Waals surface area contributed by atoms with Gasteiger partial charge in [-0.3, -0.25) is 0 Å². The zero-order valence-electron chi connectivity index (χ0n) is 12.5. The number of nitrogens with zero attached hydrogens (tertiary/aromatic N) is 2. The van der Waals surface area contributed by atoms with Crippen LogP contribution in [0.15, 0.2) is 40.9 Å². The van der Waals surface area contributed by atoms with Crippen molar-refractivity contribution in [2.45, 2.75) is 13.8 Å². The van der Waals surface area contributed by atoms with Gasteiger partial charge in [-0.2, -0.15) is 4.98 Å². The molecule has 3 rings (SSSR count). The Balaban J connectivity index is 2.08. The molecule has 0 unspecified atom stereocenters. The van der Waals surface area contributed by atoms with Crippen LogP contribution in [0.5, 0.6) is 0 Å². The van der Waals surface area contributed by atoms with Crippen LogP contribution in [-0.4, -0.2) is 21.2 Å². The van der Waals surface area contributed by atoms with Crippen molar-refractivity contribution in [1.82, 2.24) is 10.1 Å². The SMILES string of the molecule is Cc1ccc(C(=O)O)cc1-c1noc(-c2cccc(C)c2F)n1. The van der Waals surface area contributed by atoms with Crippen LogP contribution in [0.4, 0.5) is 4.39 Å². The molecule has 0 aliphatic rings. The molecule has 0 bridgehead atoms. The van der Waals surface area contributed by atoms with Crippen molar-refractivity contribution in [2.75, 3.05) is 0 Å². The van der Waals surface area contributed by atoms with E-state index in [4.69, 9.17) is 9.63 Å². The zero-order chi connectivity index (χ0) is 16.6. The van der Waals surface area contributed by atoms with Gasteiger partial charge >= 0.3 is 5.97 Å². The highest BCUT2D eigenvalue weighted by atomic mass is 19.1. The highest BCUT2D eigenvalue weighted by molar-refractivity contribution is 5.89. The standard InChI is InChI=1S/C17H13FN2O3/c1-9-6-7-11(17(21)22)8-13(9)15-19-16(23-20-15)12-5-3-4-10(2)14(12)18/h3-8H,1-2H3,(H,21,22). The quantitative estimate of drug-likeness (QED) is 0.794. The highest BCUT2D eigenvalue weighted by Gasteiger charge is 2.17. The second-order valence-electron chi connectivity index (χ2n) is 5.19. The van der Waals surface area contributed by atoms with Crippen molar-refractivity contribution in [2.24, 2.45) is 0 Å². The minimum Gasteiger partial charge on any atom is -0.478 e. The topological polar surface area (TPSA) is 76.2 Å². The Bertz CT molecular complexity index is 903. The molecule has 5 nitrogen and oxygen atoms in total. The van der Waals surface area contributed by atoms with E-state index in [1.807, 2.05) is 6.92 Å². The van der Waals surface area contributed by atoms with Crippen molar-refractivity contribution in [1.29, 1.82) is 0 Å². The third-order valence-electron chi connectivity index (χ3n) is 3.57. The zero-order valence-corrected chi connectivity index (χ0v) is 12.5. The number of carboxylic acids is 1. The van der Waals surface area contributed by atoms with Gasteiger partial charge in [-0.25, -0.2) is 9.18 Å². The Hall–Kier alpha value is -3.02. The van der Waals surface area contributed by atoms with E-state index in [1.54, 1.807) is 31.2 Å². The van der Waals surface area contributed by atoms with Crippen LogP contribution in [0.1, 0.15) is 21.5 Å². The maximum absolute atomic E-state index is 14.1. The molecule has 1 aromatic heterocycles. The van der Waals surface area contributed by atoms with E-state index in [0.717, 1.165) is 5.56 Å². The third kappa shape index (κ3) is 2.70. The van der Waals surface area contributed by atoms with Crippen LogP contribution in [-0.2, 0) is 0 Å². The van der Waals surface area contributed by atoms with Gasteiger partial charge in [-0.05, 0) is 43.2 Å². The number of carbonyl (C=O) groups is 1. The molecule has 2 aromatic carbocycles. The number of carboxylic acid groups (broad SMARTS) is 1. The molecule has 1 N–H and O–H groups in total. The number of aryl methyl sites for hydroxylation is 2. The normalized spacial score (nSPS) is 10.7. The Kier molecular flexibility index (Phi) is 3.65. The predicted molar refractivity (Wildman–Crippen MR) is 81.6 cm³/mol. The van der Waals surface area contributed by atoms with Crippen LogP contribution in [0.3, 0.4) is 0 Å². The van der Waals surface area contributed by atoms with Crippen molar-refractivity contribution >= 4 is 5.97 Å². The van der Waals surface area contributed by atoms with Gasteiger partial charge in [0.2, 0.25) is 5.82 Å². The van der Waals surface area contributed by atoms with Gasteiger partial charge < -0.3 is 9.63 Å². The first-order chi connectivity index (χ1) is 11.0. The molecule has 0 spiro atoms. The van der Waals surface area contributed by atoms with E-state index in [9.17, 15) is 9.18 Å². The fourth-order valence-corrected chi connectivity index (χ4v) is 2.25. The van der Waals surface area contributed by atoms with Crippen LogP contribution in [0, 0.1) is 19.7 Å². The molecule has 0 saturated heterocycles. The number of hydrogen-bond donors (Lipinski definition) is 1. The second kappa shape index (κ2) is 5.64. The molecule has 3 aromatic rings. The largest absolute Gasteiger partial charge is 0.478 e. The fraction of sp³-hybridized carbons (Fsp3) is 0.118. The summed E-state index contributed by atoms with van der Waals surface area (Å²) in [6.07, 6.45) is 0. The first-order valence-corrected chi connectivity index (χ1v) is 6.91. The summed E-state index contributed by atoms with van der Waals surface area (Å²) in [7, 11) is 0. The summed E-state index contributed by atoms with van der Waals surface area (Å²) in [6, 6.07) is 9.55. The molecule has 116 valence electrons. The van der Waals surface area contributed by atoms with Crippen molar-refractivity contribution < 1.29 is 18.8 Å². The van der Waals surface area contributed by atoms with E-state index in [2.05, 4.69) is 10.1 Å². The first kappa shape index (κ1) is 14.9. The molecule has 6 heteroatoms. The van der Waals surface area contributed by atoms with Crippen LogP contribution < -0.4 is 0 Å². The molecule has 23 heavy (non-hydrogen) atoms. The Morgan fingerprint density at radius 3 is 2.65 bits per heavy atom. The monoisotopic (exact) mass is 312 g/mol. The summed E-state index contributed by atoms with van der Waals surface area (Å²) in [4.78, 5) is 15.3. The molecule has 0 radical (unpaired) electrons. The molecular formula is C17H13FN2O3. The number of benzene rings is 2. The van der Waals surface area contributed by atoms with Gasteiger partial charge in [-0.1, -0.05) is 23.4 Å². The smallest absolute Gasteiger partial charge is 0.335 e. The number of halogens is 1. The van der Waals surface area contributed by atoms with Gasteiger partial charge in [0.25, 0.3) is 5.89 Å². The number of aromatic nitrogens is 2. The van der Waals surface area contributed by atoms with Crippen LogP contribution in [0.2, 0.25) is 0 Å².